The summed E-state index contributed by atoms with van der Waals surface area (Å²) in [5, 5.41) is 4.78. The molecule has 2 aliphatic rings. The highest BCUT2D eigenvalue weighted by atomic mass is 16.2. The van der Waals surface area contributed by atoms with Crippen molar-refractivity contribution in [2.24, 2.45) is 11.7 Å². The average Bonchev–Trinajstić information content (AvgIpc) is 3.27. The molecule has 1 saturated heterocycles. The molecule has 1 aromatic carbocycles. The Morgan fingerprint density at radius 3 is 2.72 bits per heavy atom. The van der Waals surface area contributed by atoms with Crippen molar-refractivity contribution < 1.29 is 4.79 Å². The van der Waals surface area contributed by atoms with Gasteiger partial charge in [-0.05, 0) is 63.6 Å². The van der Waals surface area contributed by atoms with Gasteiger partial charge in [-0.25, -0.2) is 4.68 Å². The zero-order valence-electron chi connectivity index (χ0n) is 14.9. The number of carbonyl (C=O) groups is 1. The summed E-state index contributed by atoms with van der Waals surface area (Å²) in [7, 11) is 0. The van der Waals surface area contributed by atoms with Gasteiger partial charge in [0.15, 0.2) is 5.69 Å². The van der Waals surface area contributed by atoms with Gasteiger partial charge in [-0.3, -0.25) is 4.79 Å². The lowest BCUT2D eigenvalue weighted by Crippen LogP contribution is -2.31. The van der Waals surface area contributed by atoms with E-state index in [9.17, 15) is 4.79 Å². The standard InChI is InChI=1S/C20H26N4O/c1-14-6-8-16(9-7-14)24-18-5-3-2-4-17(18)19(22-24)20(25)23-11-10-15(12-21)13-23/h6-9,15H,2-5,10-13,21H2,1H3. The van der Waals surface area contributed by atoms with Gasteiger partial charge in [-0.1, -0.05) is 17.7 Å². The summed E-state index contributed by atoms with van der Waals surface area (Å²) in [6, 6.07) is 8.37. The number of hydrogen-bond acceptors (Lipinski definition) is 3. The van der Waals surface area contributed by atoms with Gasteiger partial charge in [0, 0.05) is 24.3 Å². The number of nitrogens with two attached hydrogens (primary N) is 1. The summed E-state index contributed by atoms with van der Waals surface area (Å²) in [5.74, 6) is 0.513. The molecule has 5 nitrogen and oxygen atoms in total. The number of rotatable bonds is 3. The Hall–Kier alpha value is -2.14. The third kappa shape index (κ3) is 2.97. The molecule has 1 aliphatic heterocycles. The van der Waals surface area contributed by atoms with Crippen LogP contribution in [0.3, 0.4) is 0 Å². The number of nitrogens with zero attached hydrogens (tertiary/aromatic N) is 3. The summed E-state index contributed by atoms with van der Waals surface area (Å²) in [4.78, 5) is 15.0. The smallest absolute Gasteiger partial charge is 0.274 e. The van der Waals surface area contributed by atoms with Crippen molar-refractivity contribution in [3.05, 3.63) is 46.8 Å². The van der Waals surface area contributed by atoms with Crippen LogP contribution in [0.4, 0.5) is 0 Å². The SMILES string of the molecule is Cc1ccc(-n2nc(C(=O)N3CCC(CN)C3)c3c2CCCC3)cc1. The monoisotopic (exact) mass is 338 g/mol. The predicted molar refractivity (Wildman–Crippen MR) is 98.0 cm³/mol. The Kier molecular flexibility index (Phi) is 4.34. The molecule has 2 heterocycles. The van der Waals surface area contributed by atoms with E-state index in [2.05, 4.69) is 31.2 Å². The second-order valence-corrected chi connectivity index (χ2v) is 7.37. The molecule has 2 N–H and O–H groups in total. The first-order valence-electron chi connectivity index (χ1n) is 9.34. The number of likely N-dealkylation sites (tertiary alicyclic amines) is 1. The van der Waals surface area contributed by atoms with Gasteiger partial charge in [-0.15, -0.1) is 0 Å². The fourth-order valence-electron chi connectivity index (χ4n) is 4.03. The van der Waals surface area contributed by atoms with E-state index in [1.807, 2.05) is 9.58 Å². The van der Waals surface area contributed by atoms with Crippen molar-refractivity contribution in [3.8, 4) is 5.69 Å². The van der Waals surface area contributed by atoms with Crippen molar-refractivity contribution >= 4 is 5.91 Å². The second-order valence-electron chi connectivity index (χ2n) is 7.37. The van der Waals surface area contributed by atoms with Gasteiger partial charge in [0.05, 0.1) is 5.69 Å². The lowest BCUT2D eigenvalue weighted by Gasteiger charge is -2.17. The van der Waals surface area contributed by atoms with Crippen LogP contribution in [0.2, 0.25) is 0 Å². The van der Waals surface area contributed by atoms with Gasteiger partial charge < -0.3 is 10.6 Å². The minimum absolute atomic E-state index is 0.0833. The van der Waals surface area contributed by atoms with E-state index >= 15 is 0 Å². The molecule has 4 rings (SSSR count). The van der Waals surface area contributed by atoms with Crippen LogP contribution in [0.15, 0.2) is 24.3 Å². The Bertz CT molecular complexity index is 778. The quantitative estimate of drug-likeness (QED) is 0.935. The number of hydrogen-bond donors (Lipinski definition) is 1. The van der Waals surface area contributed by atoms with Gasteiger partial charge in [0.25, 0.3) is 5.91 Å². The molecule has 0 spiro atoms. The fourth-order valence-corrected chi connectivity index (χ4v) is 4.03. The summed E-state index contributed by atoms with van der Waals surface area (Å²) >= 11 is 0. The molecule has 0 saturated carbocycles. The first kappa shape index (κ1) is 16.3. The third-order valence-electron chi connectivity index (χ3n) is 5.57. The minimum atomic E-state index is 0.0833. The van der Waals surface area contributed by atoms with Crippen LogP contribution in [-0.2, 0) is 12.8 Å². The molecule has 2 aromatic rings. The topological polar surface area (TPSA) is 64.2 Å². The number of aromatic nitrogens is 2. The number of amides is 1. The largest absolute Gasteiger partial charge is 0.337 e. The maximum atomic E-state index is 13.1. The highest BCUT2D eigenvalue weighted by Crippen LogP contribution is 2.29. The Labute approximate surface area is 148 Å². The molecule has 1 amide bonds. The van der Waals surface area contributed by atoms with E-state index in [0.29, 0.717) is 18.2 Å². The van der Waals surface area contributed by atoms with Crippen molar-refractivity contribution in [3.63, 3.8) is 0 Å². The first-order valence-corrected chi connectivity index (χ1v) is 9.34. The number of benzene rings is 1. The molecule has 1 fully saturated rings. The van der Waals surface area contributed by atoms with E-state index in [4.69, 9.17) is 10.8 Å². The molecule has 132 valence electrons. The van der Waals surface area contributed by atoms with Crippen LogP contribution in [0.5, 0.6) is 0 Å². The van der Waals surface area contributed by atoms with E-state index in [-0.39, 0.29) is 5.91 Å². The van der Waals surface area contributed by atoms with Gasteiger partial charge in [0.1, 0.15) is 0 Å². The van der Waals surface area contributed by atoms with Gasteiger partial charge in [0.2, 0.25) is 0 Å². The van der Waals surface area contributed by atoms with E-state index in [1.54, 1.807) is 0 Å². The first-order chi connectivity index (χ1) is 12.2. The van der Waals surface area contributed by atoms with Crippen LogP contribution in [0, 0.1) is 12.8 Å². The van der Waals surface area contributed by atoms with Gasteiger partial charge in [-0.2, -0.15) is 5.10 Å². The molecule has 5 heteroatoms. The molecular weight excluding hydrogens is 312 g/mol. The zero-order valence-corrected chi connectivity index (χ0v) is 14.9. The Morgan fingerprint density at radius 1 is 1.24 bits per heavy atom. The van der Waals surface area contributed by atoms with Crippen molar-refractivity contribution in [1.82, 2.24) is 14.7 Å². The lowest BCUT2D eigenvalue weighted by atomic mass is 9.95. The van der Waals surface area contributed by atoms with Gasteiger partial charge >= 0.3 is 0 Å². The third-order valence-corrected chi connectivity index (χ3v) is 5.57. The van der Waals surface area contributed by atoms with Crippen molar-refractivity contribution in [2.75, 3.05) is 19.6 Å². The van der Waals surface area contributed by atoms with Crippen LogP contribution >= 0.6 is 0 Å². The number of aryl methyl sites for hydroxylation is 1. The molecular formula is C20H26N4O. The normalized spacial score (nSPS) is 19.9. The molecule has 0 bridgehead atoms. The number of carbonyl (C=O) groups excluding carboxylic acids is 1. The molecule has 0 radical (unpaired) electrons. The minimum Gasteiger partial charge on any atom is -0.337 e. The molecule has 25 heavy (non-hydrogen) atoms. The van der Waals surface area contributed by atoms with Crippen LogP contribution < -0.4 is 5.73 Å². The summed E-state index contributed by atoms with van der Waals surface area (Å²) in [5.41, 5.74) is 11.1. The van der Waals surface area contributed by atoms with Crippen LogP contribution in [0.25, 0.3) is 5.69 Å². The highest BCUT2D eigenvalue weighted by Gasteiger charge is 2.32. The second kappa shape index (κ2) is 6.64. The summed E-state index contributed by atoms with van der Waals surface area (Å²) in [6.07, 6.45) is 5.25. The summed E-state index contributed by atoms with van der Waals surface area (Å²) in [6.45, 7) is 4.30. The maximum absolute atomic E-state index is 13.1. The molecule has 1 aromatic heterocycles. The van der Waals surface area contributed by atoms with Crippen molar-refractivity contribution in [1.29, 1.82) is 0 Å². The highest BCUT2D eigenvalue weighted by molar-refractivity contribution is 5.94. The van der Waals surface area contributed by atoms with E-state index in [1.165, 1.54) is 11.3 Å². The fraction of sp³-hybridized carbons (Fsp3) is 0.500. The predicted octanol–water partition coefficient (Wildman–Crippen LogP) is 2.48. The Morgan fingerprint density at radius 2 is 2.00 bits per heavy atom. The molecule has 1 atom stereocenters. The van der Waals surface area contributed by atoms with Crippen LogP contribution in [0.1, 0.15) is 46.6 Å². The lowest BCUT2D eigenvalue weighted by molar-refractivity contribution is 0.0780. The average molecular weight is 338 g/mol. The summed E-state index contributed by atoms with van der Waals surface area (Å²) < 4.78 is 2.00. The zero-order chi connectivity index (χ0) is 17.4. The van der Waals surface area contributed by atoms with E-state index < -0.39 is 0 Å². The molecule has 1 aliphatic carbocycles. The molecule has 1 unspecified atom stereocenters. The maximum Gasteiger partial charge on any atom is 0.274 e. The van der Waals surface area contributed by atoms with E-state index in [0.717, 1.165) is 56.4 Å². The number of fused-ring (bicyclic) bond motifs is 1. The van der Waals surface area contributed by atoms with Crippen LogP contribution in [-0.4, -0.2) is 40.2 Å². The van der Waals surface area contributed by atoms with Crippen molar-refractivity contribution in [2.45, 2.75) is 39.0 Å². The Balaban J connectivity index is 1.71.